The van der Waals surface area contributed by atoms with E-state index >= 15 is 0 Å². The molecule has 0 saturated heterocycles. The summed E-state index contributed by atoms with van der Waals surface area (Å²) in [6, 6.07) is 11.5. The van der Waals surface area contributed by atoms with Crippen LogP contribution >= 0.6 is 15.9 Å². The number of rotatable bonds is 15. The molecule has 2 rings (SSSR count). The first-order chi connectivity index (χ1) is 16.0. The zero-order valence-corrected chi connectivity index (χ0v) is 20.6. The van der Waals surface area contributed by atoms with E-state index in [1.807, 2.05) is 0 Å². The van der Waals surface area contributed by atoms with Gasteiger partial charge in [0, 0.05) is 22.9 Å². The van der Waals surface area contributed by atoms with Gasteiger partial charge < -0.3 is 14.6 Å². The van der Waals surface area contributed by atoms with Gasteiger partial charge in [-0.1, -0.05) is 47.3 Å². The number of carbonyl (C=O) groups excluding carboxylic acids is 2. The minimum Gasteiger partial charge on any atom is -0.493 e. The van der Waals surface area contributed by atoms with Gasteiger partial charge >= 0.3 is 11.9 Å². The third-order valence-corrected chi connectivity index (χ3v) is 5.66. The van der Waals surface area contributed by atoms with Crippen molar-refractivity contribution in [2.75, 3.05) is 18.5 Å². The van der Waals surface area contributed by atoms with Crippen LogP contribution in [0.15, 0.2) is 42.5 Å². The molecular formula is C26H31BrO6. The number of halogens is 1. The Bertz CT molecular complexity index is 940. The molecule has 0 saturated carbocycles. The Hall–Kier alpha value is -2.67. The Morgan fingerprint density at radius 1 is 0.909 bits per heavy atom. The number of hydrogen-bond donors (Lipinski definition) is 1. The van der Waals surface area contributed by atoms with Crippen molar-refractivity contribution in [1.82, 2.24) is 0 Å². The Balaban J connectivity index is 2.13. The van der Waals surface area contributed by atoms with E-state index < -0.39 is 11.9 Å². The minimum absolute atomic E-state index is 0.0567. The number of ketones is 1. The summed E-state index contributed by atoms with van der Waals surface area (Å²) in [7, 11) is 0. The summed E-state index contributed by atoms with van der Waals surface area (Å²) in [6.07, 6.45) is 5.70. The van der Waals surface area contributed by atoms with Crippen LogP contribution in [0.1, 0.15) is 77.3 Å². The number of carboxylic acids is 1. The first kappa shape index (κ1) is 26.6. The molecule has 0 aliphatic rings. The Morgan fingerprint density at radius 2 is 1.61 bits per heavy atom. The molecule has 0 aliphatic carbocycles. The maximum absolute atomic E-state index is 13.1. The predicted molar refractivity (Wildman–Crippen MR) is 131 cm³/mol. The van der Waals surface area contributed by atoms with Gasteiger partial charge in [-0.3, -0.25) is 9.59 Å². The molecule has 2 aromatic rings. The molecule has 0 aromatic heterocycles. The quantitative estimate of drug-likeness (QED) is 0.138. The number of unbranched alkanes of at least 4 members (excludes halogenated alkanes) is 4. The topological polar surface area (TPSA) is 89.9 Å². The second-order valence-corrected chi connectivity index (χ2v) is 8.44. The Morgan fingerprint density at radius 3 is 2.33 bits per heavy atom. The largest absolute Gasteiger partial charge is 0.493 e. The second kappa shape index (κ2) is 14.5. The van der Waals surface area contributed by atoms with E-state index in [4.69, 9.17) is 14.6 Å². The van der Waals surface area contributed by atoms with Crippen molar-refractivity contribution in [2.24, 2.45) is 0 Å². The van der Waals surface area contributed by atoms with Crippen LogP contribution in [-0.4, -0.2) is 41.4 Å². The van der Waals surface area contributed by atoms with E-state index in [2.05, 4.69) is 15.9 Å². The van der Waals surface area contributed by atoms with Crippen LogP contribution in [0.4, 0.5) is 0 Å². The number of benzene rings is 2. The molecule has 178 valence electrons. The first-order valence-electron chi connectivity index (χ1n) is 11.3. The summed E-state index contributed by atoms with van der Waals surface area (Å²) in [4.78, 5) is 36.2. The number of esters is 1. The van der Waals surface area contributed by atoms with Crippen LogP contribution in [-0.2, 0) is 16.0 Å². The van der Waals surface area contributed by atoms with E-state index in [-0.39, 0.29) is 25.2 Å². The highest BCUT2D eigenvalue weighted by molar-refractivity contribution is 9.09. The average Bonchev–Trinajstić information content (AvgIpc) is 2.82. The van der Waals surface area contributed by atoms with Crippen LogP contribution < -0.4 is 4.74 Å². The molecule has 0 heterocycles. The molecule has 1 N–H and O–H groups in total. The molecular weight excluding hydrogens is 488 g/mol. The number of ether oxygens (including phenoxy) is 2. The van der Waals surface area contributed by atoms with E-state index in [0.717, 1.165) is 24.6 Å². The van der Waals surface area contributed by atoms with Gasteiger partial charge in [0.15, 0.2) is 5.78 Å². The molecule has 0 unspecified atom stereocenters. The van der Waals surface area contributed by atoms with Crippen LogP contribution in [0.25, 0.3) is 0 Å². The molecule has 7 heteroatoms. The van der Waals surface area contributed by atoms with Gasteiger partial charge in [0.05, 0.1) is 18.8 Å². The van der Waals surface area contributed by atoms with Gasteiger partial charge in [-0.2, -0.15) is 0 Å². The molecule has 0 aliphatic heterocycles. The number of carboxylic acid groups (broad SMARTS) is 1. The smallest absolute Gasteiger partial charge is 0.338 e. The maximum atomic E-state index is 13.1. The molecule has 0 bridgehead atoms. The van der Waals surface area contributed by atoms with Crippen molar-refractivity contribution < 1.29 is 29.0 Å². The van der Waals surface area contributed by atoms with Crippen LogP contribution in [0.2, 0.25) is 0 Å². The fourth-order valence-electron chi connectivity index (χ4n) is 3.38. The van der Waals surface area contributed by atoms with Crippen LogP contribution in [0.3, 0.4) is 0 Å². The zero-order valence-electron chi connectivity index (χ0n) is 19.0. The van der Waals surface area contributed by atoms with E-state index in [1.54, 1.807) is 43.3 Å². The second-order valence-electron chi connectivity index (χ2n) is 7.65. The highest BCUT2D eigenvalue weighted by atomic mass is 79.9. The lowest BCUT2D eigenvalue weighted by Gasteiger charge is -2.13. The highest BCUT2D eigenvalue weighted by Gasteiger charge is 2.16. The zero-order chi connectivity index (χ0) is 24.1. The predicted octanol–water partition coefficient (Wildman–Crippen LogP) is 5.84. The lowest BCUT2D eigenvalue weighted by molar-refractivity contribution is -0.136. The molecule has 6 nitrogen and oxygen atoms in total. The third-order valence-electron chi connectivity index (χ3n) is 5.10. The summed E-state index contributed by atoms with van der Waals surface area (Å²) in [6.45, 7) is 2.52. The molecule has 0 radical (unpaired) electrons. The normalized spacial score (nSPS) is 10.6. The van der Waals surface area contributed by atoms with Crippen molar-refractivity contribution >= 4 is 33.7 Å². The van der Waals surface area contributed by atoms with E-state index in [1.165, 1.54) is 18.9 Å². The summed E-state index contributed by atoms with van der Waals surface area (Å²) in [5, 5.41) is 10.1. The standard InChI is InChI=1S/C26H31BrO6/c1-2-32-26(31)22-10-8-9-20(18-22)25(30)21-11-13-23(19(17-21)12-14-24(28)29)33-16-7-5-3-4-6-15-27/h8-11,13,17-18H,2-7,12,14-16H2,1H3,(H,28,29). The number of carbonyl (C=O) groups is 3. The average molecular weight is 519 g/mol. The summed E-state index contributed by atoms with van der Waals surface area (Å²) >= 11 is 3.43. The highest BCUT2D eigenvalue weighted by Crippen LogP contribution is 2.24. The number of hydrogen-bond acceptors (Lipinski definition) is 5. The molecule has 0 atom stereocenters. The summed E-state index contributed by atoms with van der Waals surface area (Å²) in [5.41, 5.74) is 1.77. The van der Waals surface area contributed by atoms with Crippen molar-refractivity contribution in [3.8, 4) is 5.75 Å². The van der Waals surface area contributed by atoms with Crippen molar-refractivity contribution in [3.63, 3.8) is 0 Å². The Labute approximate surface area is 203 Å². The van der Waals surface area contributed by atoms with Gasteiger partial charge in [-0.15, -0.1) is 0 Å². The monoisotopic (exact) mass is 518 g/mol. The first-order valence-corrected chi connectivity index (χ1v) is 12.4. The molecule has 33 heavy (non-hydrogen) atoms. The summed E-state index contributed by atoms with van der Waals surface area (Å²) in [5.74, 6) is -1.04. The maximum Gasteiger partial charge on any atom is 0.338 e. The molecule has 2 aromatic carbocycles. The van der Waals surface area contributed by atoms with E-state index in [0.29, 0.717) is 34.6 Å². The summed E-state index contributed by atoms with van der Waals surface area (Å²) < 4.78 is 10.9. The molecule has 0 spiro atoms. The fourth-order valence-corrected chi connectivity index (χ4v) is 3.77. The van der Waals surface area contributed by atoms with Gasteiger partial charge in [0.2, 0.25) is 0 Å². The molecule has 0 amide bonds. The van der Waals surface area contributed by atoms with Crippen molar-refractivity contribution in [2.45, 2.75) is 51.9 Å². The van der Waals surface area contributed by atoms with E-state index in [9.17, 15) is 14.4 Å². The lowest BCUT2D eigenvalue weighted by atomic mass is 9.98. The lowest BCUT2D eigenvalue weighted by Crippen LogP contribution is -2.09. The van der Waals surface area contributed by atoms with Crippen molar-refractivity contribution in [1.29, 1.82) is 0 Å². The number of aryl methyl sites for hydroxylation is 1. The van der Waals surface area contributed by atoms with Crippen LogP contribution in [0, 0.1) is 0 Å². The van der Waals surface area contributed by atoms with Gasteiger partial charge in [0.25, 0.3) is 0 Å². The van der Waals surface area contributed by atoms with Crippen LogP contribution in [0.5, 0.6) is 5.75 Å². The van der Waals surface area contributed by atoms with Gasteiger partial charge in [-0.25, -0.2) is 4.79 Å². The number of alkyl halides is 1. The Kier molecular flexibility index (Phi) is 11.7. The van der Waals surface area contributed by atoms with Crippen molar-refractivity contribution in [3.05, 3.63) is 64.7 Å². The van der Waals surface area contributed by atoms with Gasteiger partial charge in [0.1, 0.15) is 5.75 Å². The third kappa shape index (κ3) is 9.00. The number of aliphatic carboxylic acids is 1. The van der Waals surface area contributed by atoms with Gasteiger partial charge in [-0.05, 0) is 62.1 Å². The fraction of sp³-hybridized carbons (Fsp3) is 0.423. The minimum atomic E-state index is -0.911. The molecule has 0 fully saturated rings. The SMILES string of the molecule is CCOC(=O)c1cccc(C(=O)c2ccc(OCCCCCCCBr)c(CCC(=O)O)c2)c1.